The van der Waals surface area contributed by atoms with Crippen molar-refractivity contribution in [3.63, 3.8) is 0 Å². The molecule has 1 N–H and O–H groups in total. The van der Waals surface area contributed by atoms with Crippen LogP contribution in [0.1, 0.15) is 51.5 Å². The Labute approximate surface area is 200 Å². The Bertz CT molecular complexity index is 1200. The summed E-state index contributed by atoms with van der Waals surface area (Å²) in [7, 11) is 0. The number of hydrogen-bond acceptors (Lipinski definition) is 6. The van der Waals surface area contributed by atoms with Crippen molar-refractivity contribution in [3.05, 3.63) is 86.5 Å². The fourth-order valence-electron chi connectivity index (χ4n) is 4.27. The number of hydrazine groups is 1. The summed E-state index contributed by atoms with van der Waals surface area (Å²) < 4.78 is 11.0. The van der Waals surface area contributed by atoms with Gasteiger partial charge in [0.1, 0.15) is 11.8 Å². The number of benzene rings is 1. The molecule has 1 aliphatic carbocycles. The van der Waals surface area contributed by atoms with Crippen LogP contribution in [0.5, 0.6) is 0 Å². The third-order valence-electron chi connectivity index (χ3n) is 6.05. The van der Waals surface area contributed by atoms with E-state index in [1.54, 1.807) is 41.9 Å². The van der Waals surface area contributed by atoms with E-state index in [1.807, 2.05) is 23.6 Å². The lowest BCUT2D eigenvalue weighted by Gasteiger charge is -2.24. The number of rotatable bonds is 5. The van der Waals surface area contributed by atoms with Gasteiger partial charge in [-0.15, -0.1) is 11.3 Å². The lowest BCUT2D eigenvalue weighted by Crippen LogP contribution is -2.42. The van der Waals surface area contributed by atoms with E-state index >= 15 is 0 Å². The zero-order valence-corrected chi connectivity index (χ0v) is 19.6. The Morgan fingerprint density at radius 3 is 2.85 bits per heavy atom. The molecule has 0 radical (unpaired) electrons. The van der Waals surface area contributed by atoms with Gasteiger partial charge in [0, 0.05) is 15.3 Å². The summed E-state index contributed by atoms with van der Waals surface area (Å²) in [6, 6.07) is 10.4. The first-order valence-electron chi connectivity index (χ1n) is 10.9. The minimum atomic E-state index is -0.465. The smallest absolute Gasteiger partial charge is 0.339 e. The molecule has 170 valence electrons. The highest BCUT2D eigenvalue weighted by atomic mass is 35.5. The van der Waals surface area contributed by atoms with Crippen LogP contribution in [0.4, 0.5) is 0 Å². The highest BCUT2D eigenvalue weighted by molar-refractivity contribution is 7.10. The van der Waals surface area contributed by atoms with E-state index in [-0.39, 0.29) is 12.5 Å². The molecule has 3 heterocycles. The molecule has 0 unspecified atom stereocenters. The number of thiophene rings is 1. The second kappa shape index (κ2) is 9.08. The molecule has 5 rings (SSSR count). The summed E-state index contributed by atoms with van der Waals surface area (Å²) in [5, 5.41) is 3.92. The van der Waals surface area contributed by atoms with E-state index in [4.69, 9.17) is 20.8 Å². The van der Waals surface area contributed by atoms with Crippen molar-refractivity contribution in [2.24, 2.45) is 5.92 Å². The Morgan fingerprint density at radius 1 is 1.27 bits per heavy atom. The maximum Gasteiger partial charge on any atom is 0.339 e. The minimum absolute atomic E-state index is 0.369. The van der Waals surface area contributed by atoms with Gasteiger partial charge < -0.3 is 9.15 Å². The number of fused-ring (bicyclic) bond motifs is 1. The maximum absolute atomic E-state index is 13.1. The lowest BCUT2D eigenvalue weighted by molar-refractivity contribution is -0.138. The van der Waals surface area contributed by atoms with Gasteiger partial charge in [0.2, 0.25) is 0 Å². The Balaban J connectivity index is 1.29. The molecule has 2 aliphatic rings. The number of ether oxygens (including phenoxy) is 1. The number of nitrogens with one attached hydrogen (secondary N) is 1. The average Bonchev–Trinajstić information content (AvgIpc) is 3.56. The summed E-state index contributed by atoms with van der Waals surface area (Å²) >= 11 is 7.61. The normalized spacial score (nSPS) is 19.6. The van der Waals surface area contributed by atoms with Crippen LogP contribution in [-0.2, 0) is 22.4 Å². The molecule has 3 aromatic rings. The summed E-state index contributed by atoms with van der Waals surface area (Å²) in [6.07, 6.45) is 6.39. The van der Waals surface area contributed by atoms with Crippen molar-refractivity contribution < 1.29 is 18.7 Å². The molecule has 0 saturated carbocycles. The predicted molar refractivity (Wildman–Crippen MR) is 127 cm³/mol. The number of nitrogens with zero attached hydrogens (tertiary/aromatic N) is 1. The van der Waals surface area contributed by atoms with Gasteiger partial charge in [0.15, 0.2) is 6.61 Å². The molecular formula is C25H23ClN2O4S. The van der Waals surface area contributed by atoms with Crippen molar-refractivity contribution in [1.82, 2.24) is 10.4 Å². The maximum atomic E-state index is 13.1. The zero-order valence-electron chi connectivity index (χ0n) is 18.0. The third kappa shape index (κ3) is 4.43. The van der Waals surface area contributed by atoms with Crippen LogP contribution >= 0.6 is 22.9 Å². The molecule has 0 fully saturated rings. The second-order valence-corrected chi connectivity index (χ2v) is 9.80. The monoisotopic (exact) mass is 482 g/mol. The molecule has 33 heavy (non-hydrogen) atoms. The molecular weight excluding hydrogens is 460 g/mol. The lowest BCUT2D eigenvalue weighted by atomic mass is 9.88. The van der Waals surface area contributed by atoms with Gasteiger partial charge in [-0.1, -0.05) is 30.7 Å². The first-order chi connectivity index (χ1) is 16.0. The van der Waals surface area contributed by atoms with Crippen LogP contribution < -0.4 is 5.43 Å². The number of amides is 1. The summed E-state index contributed by atoms with van der Waals surface area (Å²) in [6.45, 7) is 1.86. The number of hydrogen-bond donors (Lipinski definition) is 1. The van der Waals surface area contributed by atoms with Crippen LogP contribution in [0.15, 0.2) is 58.5 Å². The van der Waals surface area contributed by atoms with Gasteiger partial charge in [0.05, 0.1) is 17.5 Å². The minimum Gasteiger partial charge on any atom is -0.467 e. The van der Waals surface area contributed by atoms with Crippen LogP contribution in [0.2, 0.25) is 5.02 Å². The molecule has 1 amide bonds. The van der Waals surface area contributed by atoms with Gasteiger partial charge in [-0.25, -0.2) is 9.80 Å². The van der Waals surface area contributed by atoms with Gasteiger partial charge in [0.25, 0.3) is 5.91 Å². The molecule has 1 aliphatic heterocycles. The number of carbonyl (C=O) groups is 2. The molecule has 2 atom stereocenters. The van der Waals surface area contributed by atoms with Crippen molar-refractivity contribution >= 4 is 40.5 Å². The van der Waals surface area contributed by atoms with E-state index in [1.165, 1.54) is 9.89 Å². The topological polar surface area (TPSA) is 71.8 Å². The third-order valence-corrected chi connectivity index (χ3v) is 7.35. The largest absolute Gasteiger partial charge is 0.467 e. The highest BCUT2D eigenvalue weighted by Gasteiger charge is 2.33. The quantitative estimate of drug-likeness (QED) is 0.492. The van der Waals surface area contributed by atoms with Gasteiger partial charge >= 0.3 is 5.97 Å². The van der Waals surface area contributed by atoms with E-state index in [9.17, 15) is 9.59 Å². The molecule has 0 bridgehead atoms. The molecule has 6 nitrogen and oxygen atoms in total. The van der Waals surface area contributed by atoms with Crippen molar-refractivity contribution in [2.45, 2.75) is 32.2 Å². The molecule has 1 aromatic carbocycles. The highest BCUT2D eigenvalue weighted by Crippen LogP contribution is 2.34. The summed E-state index contributed by atoms with van der Waals surface area (Å²) in [4.78, 5) is 27.1. The SMILES string of the molecule is C[C@H]1CCc2c(C(=O)OCC(=O)N3NC(c4ccc(Cl)cc4)=C[C@@H]3c3ccco3)csc2C1. The average molecular weight is 483 g/mol. The van der Waals surface area contributed by atoms with Gasteiger partial charge in [-0.05, 0) is 66.6 Å². The number of carbonyl (C=O) groups excluding carboxylic acids is 2. The Hall–Kier alpha value is -3.03. The van der Waals surface area contributed by atoms with Crippen LogP contribution in [0.3, 0.4) is 0 Å². The van der Waals surface area contributed by atoms with E-state index in [0.717, 1.165) is 36.1 Å². The fraction of sp³-hybridized carbons (Fsp3) is 0.280. The number of esters is 1. The number of halogens is 1. The Kier molecular flexibility index (Phi) is 6.00. The van der Waals surface area contributed by atoms with E-state index < -0.39 is 12.0 Å². The molecule has 0 spiro atoms. The first kappa shape index (κ1) is 21.8. The van der Waals surface area contributed by atoms with Crippen molar-refractivity contribution in [3.8, 4) is 0 Å². The first-order valence-corrected chi connectivity index (χ1v) is 12.1. The second-order valence-electron chi connectivity index (χ2n) is 8.40. The molecule has 0 saturated heterocycles. The van der Waals surface area contributed by atoms with Crippen molar-refractivity contribution in [2.75, 3.05) is 6.61 Å². The molecule has 8 heteroatoms. The number of furan rings is 1. The van der Waals surface area contributed by atoms with Crippen molar-refractivity contribution in [1.29, 1.82) is 0 Å². The van der Waals surface area contributed by atoms with Crippen LogP contribution in [-0.4, -0.2) is 23.5 Å². The fourth-order valence-corrected chi connectivity index (χ4v) is 5.63. The van der Waals surface area contributed by atoms with Crippen LogP contribution in [0.25, 0.3) is 5.70 Å². The summed E-state index contributed by atoms with van der Waals surface area (Å²) in [5.41, 5.74) is 6.42. The van der Waals surface area contributed by atoms with E-state index in [0.29, 0.717) is 22.3 Å². The van der Waals surface area contributed by atoms with Gasteiger partial charge in [-0.3, -0.25) is 10.2 Å². The molecule has 2 aromatic heterocycles. The summed E-state index contributed by atoms with van der Waals surface area (Å²) in [5.74, 6) is 0.411. The van der Waals surface area contributed by atoms with Gasteiger partial charge in [-0.2, -0.15) is 0 Å². The Morgan fingerprint density at radius 2 is 2.09 bits per heavy atom. The standard InChI is InChI=1S/C25H23ClN2O4S/c1-15-4-9-18-19(14-33-23(18)11-15)25(30)32-13-24(29)28-21(22-3-2-10-31-22)12-20(27-28)16-5-7-17(26)8-6-16/h2-3,5-8,10,12,14-15,21,27H,4,9,11,13H2,1H3/t15-,21+/m0/s1. The predicted octanol–water partition coefficient (Wildman–Crippen LogP) is 5.41. The van der Waals surface area contributed by atoms with Crippen LogP contribution in [0, 0.1) is 5.92 Å². The van der Waals surface area contributed by atoms with E-state index in [2.05, 4.69) is 12.3 Å². The zero-order chi connectivity index (χ0) is 22.9.